The average molecular weight is 695 g/mol. The third kappa shape index (κ3) is 8.04. The van der Waals surface area contributed by atoms with E-state index in [0.29, 0.717) is 22.6 Å². The summed E-state index contributed by atoms with van der Waals surface area (Å²) in [6, 6.07) is 17.4. The van der Waals surface area contributed by atoms with Gasteiger partial charge in [0, 0.05) is 32.0 Å². The van der Waals surface area contributed by atoms with E-state index in [2.05, 4.69) is 35.3 Å². The SMILES string of the molecule is CC(C)(Cc1ccnc(-c2[c-]c3ccccc3c(C3CCCCC3)c2)c1)C(F)(F)F.C[CH-]C(C)[ClH+].[Ir]. The molecule has 4 rings (SSSR count). The minimum absolute atomic E-state index is 0. The van der Waals surface area contributed by atoms with Crippen molar-refractivity contribution in [3.05, 3.63) is 72.3 Å². The molecule has 1 aliphatic rings. The van der Waals surface area contributed by atoms with E-state index in [1.807, 2.05) is 26.3 Å². The number of rotatable bonds is 5. The fraction of sp³-hybridized carbons (Fsp3) is 0.467. The molecule has 199 valence electrons. The molecule has 1 heterocycles. The van der Waals surface area contributed by atoms with Gasteiger partial charge in [0.1, 0.15) is 0 Å². The molecule has 1 radical (unpaired) electrons. The Morgan fingerprint density at radius 1 is 1.08 bits per heavy atom. The Morgan fingerprint density at radius 2 is 1.72 bits per heavy atom. The maximum Gasteiger partial charge on any atom is 0.394 e. The van der Waals surface area contributed by atoms with Gasteiger partial charge in [-0.25, -0.2) is 0 Å². The Balaban J connectivity index is 0.000000694. The molecule has 1 aliphatic carbocycles. The van der Waals surface area contributed by atoms with E-state index in [-0.39, 0.29) is 26.5 Å². The third-order valence-electron chi connectivity index (χ3n) is 6.84. The molecule has 1 nitrogen and oxygen atoms in total. The van der Waals surface area contributed by atoms with Crippen LogP contribution >= 0.6 is 0 Å². The van der Waals surface area contributed by atoms with E-state index >= 15 is 0 Å². The second kappa shape index (κ2) is 13.4. The maximum atomic E-state index is 13.4. The first kappa shape index (κ1) is 30.8. The van der Waals surface area contributed by atoms with Gasteiger partial charge in [-0.2, -0.15) is 20.1 Å². The van der Waals surface area contributed by atoms with Crippen molar-refractivity contribution in [2.75, 3.05) is 0 Å². The normalized spacial score (nSPS) is 15.6. The number of halogens is 4. The zero-order chi connectivity index (χ0) is 25.6. The van der Waals surface area contributed by atoms with Crippen molar-refractivity contribution in [3.8, 4) is 11.3 Å². The van der Waals surface area contributed by atoms with Gasteiger partial charge in [-0.3, -0.25) is 11.4 Å². The van der Waals surface area contributed by atoms with E-state index in [0.717, 1.165) is 10.9 Å². The Kier molecular flexibility index (Phi) is 11.5. The second-order valence-electron chi connectivity index (χ2n) is 10.2. The minimum Gasteiger partial charge on any atom is -0.295 e. The van der Waals surface area contributed by atoms with E-state index in [9.17, 15) is 13.2 Å². The van der Waals surface area contributed by atoms with Gasteiger partial charge >= 0.3 is 6.18 Å². The standard InChI is InChI=1S/C26H27F3N.C4H9Cl.Ir/c1-25(2,26(27,28)29)17-18-12-13-30-24(14-18)21-15-20-10-6-7-11-22(20)23(16-21)19-8-4-3-5-9-19;1-3-4(2)5;/h6-7,10-14,16,19H,3-5,8-9,17H2,1-2H3;3-5H,1-2H3;/q-1;;. The molecule has 0 aliphatic heterocycles. The summed E-state index contributed by atoms with van der Waals surface area (Å²) >= 11 is 4.72. The second-order valence-corrected chi connectivity index (χ2v) is 10.9. The number of aromatic nitrogens is 1. The van der Waals surface area contributed by atoms with Crippen LogP contribution in [-0.2, 0) is 26.5 Å². The van der Waals surface area contributed by atoms with E-state index in [4.69, 9.17) is 11.6 Å². The molecule has 0 bridgehead atoms. The van der Waals surface area contributed by atoms with Crippen molar-refractivity contribution in [2.24, 2.45) is 5.41 Å². The molecular formula is C30H36ClF3IrN-. The number of hydrogen-bond donors (Lipinski definition) is 0. The number of pyridine rings is 1. The first-order valence-electron chi connectivity index (χ1n) is 12.4. The quantitative estimate of drug-likeness (QED) is 0.192. The molecule has 0 N–H and O–H groups in total. The van der Waals surface area contributed by atoms with Crippen LogP contribution in [0.2, 0.25) is 0 Å². The Labute approximate surface area is 232 Å². The van der Waals surface area contributed by atoms with Gasteiger partial charge in [0.05, 0.1) is 22.4 Å². The van der Waals surface area contributed by atoms with Gasteiger partial charge in [0.25, 0.3) is 0 Å². The smallest absolute Gasteiger partial charge is 0.295 e. The minimum atomic E-state index is -4.25. The molecule has 1 saturated carbocycles. The molecule has 1 atom stereocenters. The van der Waals surface area contributed by atoms with Gasteiger partial charge in [0.15, 0.2) is 0 Å². The Morgan fingerprint density at radius 3 is 2.33 bits per heavy atom. The topological polar surface area (TPSA) is 12.9 Å². The van der Waals surface area contributed by atoms with Crippen LogP contribution in [0.5, 0.6) is 0 Å². The van der Waals surface area contributed by atoms with Crippen molar-refractivity contribution in [3.63, 3.8) is 0 Å². The summed E-state index contributed by atoms with van der Waals surface area (Å²) in [7, 11) is 0. The molecule has 1 fully saturated rings. The maximum absolute atomic E-state index is 13.4. The fourth-order valence-corrected chi connectivity index (χ4v) is 4.49. The summed E-state index contributed by atoms with van der Waals surface area (Å²) in [4.78, 5) is 4.48. The first-order valence-corrected chi connectivity index (χ1v) is 12.9. The monoisotopic (exact) mass is 695 g/mol. The van der Waals surface area contributed by atoms with Gasteiger partial charge < -0.3 is 0 Å². The fourth-order valence-electron chi connectivity index (χ4n) is 4.49. The summed E-state index contributed by atoms with van der Waals surface area (Å²) < 4.78 is 40.1. The Bertz CT molecular complexity index is 1100. The zero-order valence-electron chi connectivity index (χ0n) is 21.4. The molecule has 0 spiro atoms. The number of fused-ring (bicyclic) bond motifs is 1. The van der Waals surface area contributed by atoms with Crippen molar-refractivity contribution in [1.29, 1.82) is 0 Å². The summed E-state index contributed by atoms with van der Waals surface area (Å²) in [5.74, 6) is 0.518. The summed E-state index contributed by atoms with van der Waals surface area (Å²) in [6.45, 7) is 6.44. The Hall–Kier alpha value is -1.42. The van der Waals surface area contributed by atoms with Crippen molar-refractivity contribution in [1.82, 2.24) is 4.98 Å². The molecule has 1 unspecified atom stereocenters. The van der Waals surface area contributed by atoms with Crippen LogP contribution in [0.4, 0.5) is 13.2 Å². The first-order chi connectivity index (χ1) is 16.5. The van der Waals surface area contributed by atoms with Crippen LogP contribution in [0.1, 0.15) is 76.8 Å². The summed E-state index contributed by atoms with van der Waals surface area (Å²) in [5, 5.41) is 2.61. The van der Waals surface area contributed by atoms with Crippen LogP contribution in [0, 0.1) is 29.5 Å². The summed E-state index contributed by atoms with van der Waals surface area (Å²) in [5.41, 5.74) is 1.73. The predicted molar refractivity (Wildman–Crippen MR) is 136 cm³/mol. The summed E-state index contributed by atoms with van der Waals surface area (Å²) in [6.07, 6.45) is 5.41. The van der Waals surface area contributed by atoms with Crippen LogP contribution in [0.25, 0.3) is 22.0 Å². The van der Waals surface area contributed by atoms with Crippen LogP contribution in [-0.4, -0.2) is 16.5 Å². The van der Waals surface area contributed by atoms with Crippen molar-refractivity contribution >= 4 is 10.8 Å². The molecule has 0 amide bonds. The molecule has 2 aromatic carbocycles. The van der Waals surface area contributed by atoms with Gasteiger partial charge in [0.2, 0.25) is 0 Å². The van der Waals surface area contributed by atoms with E-state index in [1.54, 1.807) is 18.3 Å². The van der Waals surface area contributed by atoms with Crippen LogP contribution in [0.3, 0.4) is 0 Å². The number of hydrogen-bond acceptors (Lipinski definition) is 1. The molecule has 6 heteroatoms. The number of nitrogens with zero attached hydrogens (tertiary/aromatic N) is 1. The molecule has 3 aromatic rings. The number of alkyl halides is 4. The van der Waals surface area contributed by atoms with Crippen LogP contribution < -0.4 is 0 Å². The van der Waals surface area contributed by atoms with Gasteiger partial charge in [-0.05, 0) is 38.2 Å². The van der Waals surface area contributed by atoms with Crippen molar-refractivity contribution in [2.45, 2.75) is 83.7 Å². The van der Waals surface area contributed by atoms with Crippen LogP contribution in [0.15, 0.2) is 48.7 Å². The molecular weight excluding hydrogens is 659 g/mol. The predicted octanol–water partition coefficient (Wildman–Crippen LogP) is 8.76. The zero-order valence-corrected chi connectivity index (χ0v) is 24.6. The molecule has 0 saturated heterocycles. The molecule has 1 aromatic heterocycles. The van der Waals surface area contributed by atoms with Gasteiger partial charge in [-0.1, -0.05) is 73.9 Å². The third-order valence-corrected chi connectivity index (χ3v) is 7.11. The largest absolute Gasteiger partial charge is 0.394 e. The van der Waals surface area contributed by atoms with Gasteiger partial charge in [-0.15, -0.1) is 29.1 Å². The van der Waals surface area contributed by atoms with Crippen molar-refractivity contribution < 1.29 is 44.9 Å². The number of benzene rings is 2. The van der Waals surface area contributed by atoms with E-state index < -0.39 is 11.6 Å². The molecule has 36 heavy (non-hydrogen) atoms. The average Bonchev–Trinajstić information content (AvgIpc) is 2.83. The van der Waals surface area contributed by atoms with E-state index in [1.165, 1.54) is 56.9 Å².